The Bertz CT molecular complexity index is 462. The highest BCUT2D eigenvalue weighted by Crippen LogP contribution is 2.11. The molecule has 2 rings (SSSR count). The van der Waals surface area contributed by atoms with Crippen molar-refractivity contribution in [3.63, 3.8) is 0 Å². The molecule has 0 aromatic heterocycles. The van der Waals surface area contributed by atoms with Crippen LogP contribution in [0.25, 0.3) is 0 Å². The van der Waals surface area contributed by atoms with Gasteiger partial charge in [0.05, 0.1) is 19.0 Å². The van der Waals surface area contributed by atoms with Crippen molar-refractivity contribution in [3.8, 4) is 0 Å². The summed E-state index contributed by atoms with van der Waals surface area (Å²) in [5, 5.41) is 2.93. The molecule has 0 saturated carbocycles. The number of carbonyl (C=O) groups excluding carboxylic acids is 1. The van der Waals surface area contributed by atoms with Gasteiger partial charge in [0.15, 0.2) is 0 Å². The summed E-state index contributed by atoms with van der Waals surface area (Å²) in [6.45, 7) is 3.73. The smallest absolute Gasteiger partial charge is 0.230 e. The van der Waals surface area contributed by atoms with Crippen LogP contribution in [0.15, 0.2) is 30.3 Å². The summed E-state index contributed by atoms with van der Waals surface area (Å²) >= 11 is 6.76. The number of nitrogens with zero attached hydrogens (tertiary/aromatic N) is 1. The van der Waals surface area contributed by atoms with E-state index in [1.54, 1.807) is 0 Å². The van der Waals surface area contributed by atoms with E-state index in [2.05, 4.69) is 22.3 Å². The molecule has 1 aliphatic rings. The number of hydrogen-bond acceptors (Lipinski definition) is 4. The summed E-state index contributed by atoms with van der Waals surface area (Å²) in [6, 6.07) is 10.1. The van der Waals surface area contributed by atoms with Gasteiger partial charge in [-0.15, -0.1) is 0 Å². The van der Waals surface area contributed by atoms with Gasteiger partial charge in [-0.25, -0.2) is 0 Å². The number of morpholine rings is 1. The summed E-state index contributed by atoms with van der Waals surface area (Å²) in [6.07, 6.45) is 0.852. The SMILES string of the molecule is O=C(CSC(=S)N1CCOCC1)NCCc1ccccc1. The Labute approximate surface area is 135 Å². The van der Waals surface area contributed by atoms with Crippen LogP contribution < -0.4 is 5.32 Å². The van der Waals surface area contributed by atoms with Crippen LogP contribution in [0.1, 0.15) is 5.56 Å². The van der Waals surface area contributed by atoms with E-state index in [-0.39, 0.29) is 5.91 Å². The number of thiocarbonyl (C=S) groups is 1. The van der Waals surface area contributed by atoms with E-state index in [9.17, 15) is 4.79 Å². The first kappa shape index (κ1) is 16.3. The van der Waals surface area contributed by atoms with Crippen molar-refractivity contribution in [2.24, 2.45) is 0 Å². The predicted octanol–water partition coefficient (Wildman–Crippen LogP) is 1.70. The predicted molar refractivity (Wildman–Crippen MR) is 90.6 cm³/mol. The van der Waals surface area contributed by atoms with Crippen LogP contribution in [0.2, 0.25) is 0 Å². The standard InChI is InChI=1S/C15H20N2O2S2/c18-14(16-7-6-13-4-2-1-3-5-13)12-21-15(20)17-8-10-19-11-9-17/h1-5H,6-12H2,(H,16,18). The highest BCUT2D eigenvalue weighted by molar-refractivity contribution is 8.23. The molecule has 1 aromatic carbocycles. The zero-order valence-electron chi connectivity index (χ0n) is 11.9. The third-order valence-electron chi connectivity index (χ3n) is 3.17. The highest BCUT2D eigenvalue weighted by atomic mass is 32.2. The Balaban J connectivity index is 1.60. The number of benzene rings is 1. The van der Waals surface area contributed by atoms with Crippen molar-refractivity contribution in [3.05, 3.63) is 35.9 Å². The summed E-state index contributed by atoms with van der Waals surface area (Å²) in [5.41, 5.74) is 1.23. The fraction of sp³-hybridized carbons (Fsp3) is 0.467. The molecule has 1 aliphatic heterocycles. The lowest BCUT2D eigenvalue weighted by atomic mass is 10.1. The number of rotatable bonds is 5. The van der Waals surface area contributed by atoms with E-state index < -0.39 is 0 Å². The first-order valence-corrected chi connectivity index (χ1v) is 8.45. The molecule has 21 heavy (non-hydrogen) atoms. The summed E-state index contributed by atoms with van der Waals surface area (Å²) in [4.78, 5) is 13.9. The maximum Gasteiger partial charge on any atom is 0.230 e. The molecule has 0 spiro atoms. The maximum atomic E-state index is 11.8. The summed E-state index contributed by atoms with van der Waals surface area (Å²) in [5.74, 6) is 0.414. The quantitative estimate of drug-likeness (QED) is 0.835. The lowest BCUT2D eigenvalue weighted by Crippen LogP contribution is -2.39. The van der Waals surface area contributed by atoms with E-state index in [4.69, 9.17) is 17.0 Å². The van der Waals surface area contributed by atoms with Gasteiger partial charge in [0.1, 0.15) is 4.32 Å². The number of ether oxygens (including phenoxy) is 1. The van der Waals surface area contributed by atoms with Crippen molar-refractivity contribution in [2.75, 3.05) is 38.6 Å². The Morgan fingerprint density at radius 2 is 2.00 bits per heavy atom. The number of carbonyl (C=O) groups is 1. The molecular weight excluding hydrogens is 304 g/mol. The second kappa shape index (κ2) is 9.02. The minimum Gasteiger partial charge on any atom is -0.378 e. The van der Waals surface area contributed by atoms with Crippen LogP contribution in [0.3, 0.4) is 0 Å². The first-order valence-electron chi connectivity index (χ1n) is 7.06. The first-order chi connectivity index (χ1) is 10.3. The molecule has 1 amide bonds. The molecule has 1 saturated heterocycles. The minimum atomic E-state index is 0.0338. The Morgan fingerprint density at radius 3 is 2.71 bits per heavy atom. The fourth-order valence-electron chi connectivity index (χ4n) is 2.01. The molecule has 4 nitrogen and oxygen atoms in total. The van der Waals surface area contributed by atoms with Gasteiger partial charge in [0, 0.05) is 19.6 Å². The Hall–Kier alpha value is -1.11. The van der Waals surface area contributed by atoms with Crippen molar-refractivity contribution >= 4 is 34.2 Å². The van der Waals surface area contributed by atoms with Crippen LogP contribution in [-0.4, -0.2) is 53.7 Å². The van der Waals surface area contributed by atoms with Crippen LogP contribution in [0, 0.1) is 0 Å². The monoisotopic (exact) mass is 324 g/mol. The molecule has 0 bridgehead atoms. The van der Waals surface area contributed by atoms with Gasteiger partial charge in [-0.1, -0.05) is 54.3 Å². The zero-order valence-corrected chi connectivity index (χ0v) is 13.5. The Kier molecular flexibility index (Phi) is 6.99. The summed E-state index contributed by atoms with van der Waals surface area (Å²) in [7, 11) is 0. The number of nitrogens with one attached hydrogen (secondary N) is 1. The van der Waals surface area contributed by atoms with Crippen LogP contribution in [0.4, 0.5) is 0 Å². The molecule has 1 heterocycles. The van der Waals surface area contributed by atoms with E-state index in [0.717, 1.165) is 23.8 Å². The average molecular weight is 324 g/mol. The van der Waals surface area contributed by atoms with Gasteiger partial charge in [-0.3, -0.25) is 4.79 Å². The third kappa shape index (κ3) is 6.03. The lowest BCUT2D eigenvalue weighted by molar-refractivity contribution is -0.118. The molecule has 1 N–H and O–H groups in total. The van der Waals surface area contributed by atoms with Crippen LogP contribution in [0.5, 0.6) is 0 Å². The molecule has 0 unspecified atom stereocenters. The number of thioether (sulfide) groups is 1. The number of hydrogen-bond donors (Lipinski definition) is 1. The molecule has 0 radical (unpaired) electrons. The normalized spacial score (nSPS) is 14.8. The van der Waals surface area contributed by atoms with Crippen molar-refractivity contribution in [1.82, 2.24) is 10.2 Å². The minimum absolute atomic E-state index is 0.0338. The van der Waals surface area contributed by atoms with E-state index >= 15 is 0 Å². The second-order valence-electron chi connectivity index (χ2n) is 4.74. The van der Waals surface area contributed by atoms with Gasteiger partial charge >= 0.3 is 0 Å². The topological polar surface area (TPSA) is 41.6 Å². The largest absolute Gasteiger partial charge is 0.378 e. The number of amides is 1. The van der Waals surface area contributed by atoms with Gasteiger partial charge in [-0.05, 0) is 12.0 Å². The molecule has 0 aliphatic carbocycles. The lowest BCUT2D eigenvalue weighted by Gasteiger charge is -2.28. The molecule has 114 valence electrons. The van der Waals surface area contributed by atoms with E-state index in [1.165, 1.54) is 17.3 Å². The van der Waals surface area contributed by atoms with E-state index in [0.29, 0.717) is 25.5 Å². The Morgan fingerprint density at radius 1 is 1.29 bits per heavy atom. The van der Waals surface area contributed by atoms with Gasteiger partial charge in [-0.2, -0.15) is 0 Å². The van der Waals surface area contributed by atoms with Crippen molar-refractivity contribution in [1.29, 1.82) is 0 Å². The van der Waals surface area contributed by atoms with Crippen LogP contribution >= 0.6 is 24.0 Å². The summed E-state index contributed by atoms with van der Waals surface area (Å²) < 4.78 is 6.07. The molecular formula is C15H20N2O2S2. The van der Waals surface area contributed by atoms with Gasteiger partial charge in [0.25, 0.3) is 0 Å². The molecule has 1 aromatic rings. The fourth-order valence-corrected chi connectivity index (χ4v) is 3.09. The average Bonchev–Trinajstić information content (AvgIpc) is 2.54. The molecule has 0 atom stereocenters. The highest BCUT2D eigenvalue weighted by Gasteiger charge is 2.15. The van der Waals surface area contributed by atoms with Gasteiger partial charge < -0.3 is 15.0 Å². The second-order valence-corrected chi connectivity index (χ2v) is 6.35. The molecule has 1 fully saturated rings. The van der Waals surface area contributed by atoms with Crippen molar-refractivity contribution in [2.45, 2.75) is 6.42 Å². The van der Waals surface area contributed by atoms with E-state index in [1.807, 2.05) is 18.2 Å². The third-order valence-corrected chi connectivity index (χ3v) is 4.70. The zero-order chi connectivity index (χ0) is 14.9. The van der Waals surface area contributed by atoms with Gasteiger partial charge in [0.2, 0.25) is 5.91 Å². The maximum absolute atomic E-state index is 11.8. The van der Waals surface area contributed by atoms with Crippen LogP contribution in [-0.2, 0) is 16.0 Å². The molecule has 6 heteroatoms. The van der Waals surface area contributed by atoms with Crippen molar-refractivity contribution < 1.29 is 9.53 Å².